The maximum atomic E-state index is 13.7. The predicted molar refractivity (Wildman–Crippen MR) is 60.3 cm³/mol. The lowest BCUT2D eigenvalue weighted by atomic mass is 10.0. The van der Waals surface area contributed by atoms with E-state index in [9.17, 15) is 13.2 Å². The van der Waals surface area contributed by atoms with Gasteiger partial charge in [0.05, 0.1) is 22.2 Å². The van der Waals surface area contributed by atoms with Gasteiger partial charge in [-0.05, 0) is 24.3 Å². The highest BCUT2D eigenvalue weighted by molar-refractivity contribution is 6.33. The Kier molecular flexibility index (Phi) is 3.26. The molecule has 0 atom stereocenters. The van der Waals surface area contributed by atoms with E-state index in [4.69, 9.17) is 16.9 Å². The Balaban J connectivity index is 2.72. The second-order valence-electron chi connectivity index (χ2n) is 3.47. The average molecular weight is 267 g/mol. The Morgan fingerprint density at radius 3 is 2.28 bits per heavy atom. The topological polar surface area (TPSA) is 23.8 Å². The molecule has 2 aromatic rings. The summed E-state index contributed by atoms with van der Waals surface area (Å²) in [5.74, 6) is -2.67. The Morgan fingerprint density at radius 2 is 1.72 bits per heavy atom. The van der Waals surface area contributed by atoms with Gasteiger partial charge < -0.3 is 0 Å². The van der Waals surface area contributed by atoms with E-state index in [0.717, 1.165) is 24.3 Å². The van der Waals surface area contributed by atoms with Gasteiger partial charge in [0.25, 0.3) is 0 Å². The lowest BCUT2D eigenvalue weighted by molar-refractivity contribution is 0.588. The van der Waals surface area contributed by atoms with Crippen LogP contribution in [-0.4, -0.2) is 0 Å². The van der Waals surface area contributed by atoms with Crippen LogP contribution in [0, 0.1) is 34.8 Å². The fourth-order valence-electron chi connectivity index (χ4n) is 1.53. The van der Waals surface area contributed by atoms with Crippen LogP contribution in [0.5, 0.6) is 0 Å². The molecule has 5 heteroatoms. The van der Waals surface area contributed by atoms with E-state index in [2.05, 4.69) is 6.07 Å². The third kappa shape index (κ3) is 2.18. The van der Waals surface area contributed by atoms with Gasteiger partial charge in [0, 0.05) is 11.6 Å². The van der Waals surface area contributed by atoms with Crippen LogP contribution in [0.4, 0.5) is 13.2 Å². The fourth-order valence-corrected chi connectivity index (χ4v) is 1.73. The van der Waals surface area contributed by atoms with Crippen molar-refractivity contribution in [3.05, 3.63) is 58.4 Å². The van der Waals surface area contributed by atoms with Gasteiger partial charge in [-0.3, -0.25) is 0 Å². The van der Waals surface area contributed by atoms with Crippen molar-refractivity contribution in [1.82, 2.24) is 0 Å². The monoisotopic (exact) mass is 266 g/mol. The molecule has 0 aliphatic heterocycles. The summed E-state index contributed by atoms with van der Waals surface area (Å²) in [5, 5.41) is 8.47. The van der Waals surface area contributed by atoms with E-state index >= 15 is 0 Å². The highest BCUT2D eigenvalue weighted by Gasteiger charge is 2.16. The van der Waals surface area contributed by atoms with Crippen molar-refractivity contribution in [2.24, 2.45) is 0 Å². The summed E-state index contributed by atoms with van der Waals surface area (Å²) in [6.45, 7) is 0. The molecule has 0 spiro atoms. The Hall–Kier alpha value is -1.99. The molecule has 0 saturated heterocycles. The molecule has 0 heterocycles. The summed E-state index contributed by atoms with van der Waals surface area (Å²) in [4.78, 5) is 0. The number of nitrogens with zero attached hydrogens (tertiary/aromatic N) is 1. The highest BCUT2D eigenvalue weighted by Crippen LogP contribution is 2.32. The van der Waals surface area contributed by atoms with Gasteiger partial charge in [0.15, 0.2) is 0 Å². The molecular formula is C13H4ClF3N. The summed E-state index contributed by atoms with van der Waals surface area (Å²) in [7, 11) is 0. The molecule has 0 aliphatic rings. The molecule has 0 aromatic heterocycles. The van der Waals surface area contributed by atoms with E-state index in [0.29, 0.717) is 0 Å². The molecule has 0 fully saturated rings. The highest BCUT2D eigenvalue weighted by atomic mass is 35.5. The number of benzene rings is 2. The first-order valence-electron chi connectivity index (χ1n) is 4.79. The van der Waals surface area contributed by atoms with Gasteiger partial charge in [0.2, 0.25) is 0 Å². The van der Waals surface area contributed by atoms with E-state index < -0.39 is 23.0 Å². The molecule has 0 aliphatic carbocycles. The second kappa shape index (κ2) is 4.71. The fraction of sp³-hybridized carbons (Fsp3) is 0. The van der Waals surface area contributed by atoms with E-state index in [-0.39, 0.29) is 16.1 Å². The Labute approximate surface area is 106 Å². The number of hydrogen-bond donors (Lipinski definition) is 0. The third-order valence-corrected chi connectivity index (χ3v) is 2.61. The Bertz CT molecular complexity index is 639. The minimum absolute atomic E-state index is 0.0982. The maximum absolute atomic E-state index is 13.7. The zero-order chi connectivity index (χ0) is 13.3. The minimum Gasteiger partial charge on any atom is -0.207 e. The van der Waals surface area contributed by atoms with E-state index in [1.807, 2.05) is 0 Å². The van der Waals surface area contributed by atoms with Crippen molar-refractivity contribution in [1.29, 1.82) is 5.26 Å². The molecule has 89 valence electrons. The molecule has 0 saturated carbocycles. The third-order valence-electron chi connectivity index (χ3n) is 2.30. The van der Waals surface area contributed by atoms with Crippen molar-refractivity contribution in [2.45, 2.75) is 0 Å². The van der Waals surface area contributed by atoms with Crippen LogP contribution in [-0.2, 0) is 0 Å². The summed E-state index contributed by atoms with van der Waals surface area (Å²) in [6.07, 6.45) is 0. The largest absolute Gasteiger partial charge is 0.207 e. The lowest BCUT2D eigenvalue weighted by Gasteiger charge is -2.07. The van der Waals surface area contributed by atoms with Gasteiger partial charge in [-0.25, -0.2) is 13.2 Å². The summed E-state index contributed by atoms with van der Waals surface area (Å²) in [5.41, 5.74) is -0.781. The van der Waals surface area contributed by atoms with Gasteiger partial charge in [-0.15, -0.1) is 0 Å². The van der Waals surface area contributed by atoms with Crippen LogP contribution < -0.4 is 0 Å². The average Bonchev–Trinajstić information content (AvgIpc) is 2.32. The summed E-state index contributed by atoms with van der Waals surface area (Å²) >= 11 is 5.73. The van der Waals surface area contributed by atoms with Crippen LogP contribution in [0.3, 0.4) is 0 Å². The first kappa shape index (κ1) is 12.5. The SMILES string of the molecule is N#Cc1cc(F)c(-c2cc(F)c[c]c2Cl)c(F)c1. The van der Waals surface area contributed by atoms with Crippen molar-refractivity contribution in [2.75, 3.05) is 0 Å². The van der Waals surface area contributed by atoms with Gasteiger partial charge in [-0.1, -0.05) is 11.6 Å². The molecule has 2 rings (SSSR count). The molecule has 1 radical (unpaired) electrons. The van der Waals surface area contributed by atoms with Crippen LogP contribution in [0.15, 0.2) is 24.3 Å². The molecule has 0 N–H and O–H groups in total. The Morgan fingerprint density at radius 1 is 1.11 bits per heavy atom. The van der Waals surface area contributed by atoms with Crippen LogP contribution in [0.2, 0.25) is 5.02 Å². The molecule has 1 nitrogen and oxygen atoms in total. The normalized spacial score (nSPS) is 10.2. The van der Waals surface area contributed by atoms with Crippen LogP contribution in [0.1, 0.15) is 5.56 Å². The quantitative estimate of drug-likeness (QED) is 0.762. The van der Waals surface area contributed by atoms with Gasteiger partial charge in [-0.2, -0.15) is 5.26 Å². The van der Waals surface area contributed by atoms with Gasteiger partial charge >= 0.3 is 0 Å². The minimum atomic E-state index is -0.979. The first-order chi connectivity index (χ1) is 8.52. The maximum Gasteiger partial charge on any atom is 0.135 e. The molecule has 0 amide bonds. The van der Waals surface area contributed by atoms with Crippen molar-refractivity contribution in [3.8, 4) is 17.2 Å². The van der Waals surface area contributed by atoms with Crippen molar-refractivity contribution < 1.29 is 13.2 Å². The number of halogens is 4. The summed E-state index contributed by atoms with van der Waals surface area (Å²) in [6, 6.07) is 7.55. The number of rotatable bonds is 1. The van der Waals surface area contributed by atoms with Crippen molar-refractivity contribution >= 4 is 11.6 Å². The predicted octanol–water partition coefficient (Wildman–Crippen LogP) is 4.10. The standard InChI is InChI=1S/C13H4ClF3N/c14-10-2-1-8(15)5-9(10)13-11(16)3-7(6-18)4-12(13)17/h1,3-5H. The van der Waals surface area contributed by atoms with Crippen LogP contribution in [0.25, 0.3) is 11.1 Å². The van der Waals surface area contributed by atoms with Gasteiger partial charge in [0.1, 0.15) is 17.5 Å². The molecule has 2 aromatic carbocycles. The molecule has 18 heavy (non-hydrogen) atoms. The smallest absolute Gasteiger partial charge is 0.135 e. The molecular weight excluding hydrogens is 263 g/mol. The van der Waals surface area contributed by atoms with Crippen molar-refractivity contribution in [3.63, 3.8) is 0 Å². The lowest BCUT2D eigenvalue weighted by Crippen LogP contribution is -1.94. The second-order valence-corrected chi connectivity index (χ2v) is 3.85. The zero-order valence-electron chi connectivity index (χ0n) is 8.77. The van der Waals surface area contributed by atoms with E-state index in [1.54, 1.807) is 6.07 Å². The number of hydrogen-bond acceptors (Lipinski definition) is 1. The molecule has 0 unspecified atom stereocenters. The molecule has 0 bridgehead atoms. The summed E-state index contributed by atoms with van der Waals surface area (Å²) < 4.78 is 40.5. The zero-order valence-corrected chi connectivity index (χ0v) is 9.52. The van der Waals surface area contributed by atoms with Crippen LogP contribution >= 0.6 is 11.6 Å². The van der Waals surface area contributed by atoms with E-state index in [1.165, 1.54) is 0 Å². The number of nitriles is 1. The first-order valence-corrected chi connectivity index (χ1v) is 5.17.